The molecule has 1 aromatic rings. The number of aliphatic hydroxyl groups excluding tert-OH is 1. The van der Waals surface area contributed by atoms with E-state index in [9.17, 15) is 0 Å². The van der Waals surface area contributed by atoms with Crippen molar-refractivity contribution in [1.29, 1.82) is 0 Å². The lowest BCUT2D eigenvalue weighted by Crippen LogP contribution is -2.13. The fourth-order valence-electron chi connectivity index (χ4n) is 2.52. The van der Waals surface area contributed by atoms with Gasteiger partial charge in [-0.2, -0.15) is 0 Å². The van der Waals surface area contributed by atoms with E-state index >= 15 is 0 Å². The normalized spacial score (nSPS) is 15.8. The molecule has 0 amide bonds. The zero-order valence-electron chi connectivity index (χ0n) is 11.4. The molecule has 2 rings (SSSR count). The maximum atomic E-state index is 8.63. The Kier molecular flexibility index (Phi) is 5.94. The van der Waals surface area contributed by atoms with Gasteiger partial charge in [-0.1, -0.05) is 43.2 Å². The van der Waals surface area contributed by atoms with Crippen LogP contribution in [0.1, 0.15) is 43.2 Å². The number of rotatable bonds is 4. The molecule has 0 spiro atoms. The Morgan fingerprint density at radius 3 is 2.53 bits per heavy atom. The van der Waals surface area contributed by atoms with E-state index in [0.29, 0.717) is 6.61 Å². The fourth-order valence-corrected chi connectivity index (χ4v) is 2.52. The van der Waals surface area contributed by atoms with Crippen molar-refractivity contribution in [3.63, 3.8) is 0 Å². The van der Waals surface area contributed by atoms with Gasteiger partial charge in [0, 0.05) is 12.2 Å². The molecule has 0 atom stereocenters. The minimum atomic E-state index is -0.0910. The Morgan fingerprint density at radius 2 is 1.84 bits per heavy atom. The largest absolute Gasteiger partial charge is 0.384 e. The van der Waals surface area contributed by atoms with E-state index in [0.717, 1.165) is 18.1 Å². The van der Waals surface area contributed by atoms with Gasteiger partial charge < -0.3 is 9.84 Å². The predicted octanol–water partition coefficient (Wildman–Crippen LogP) is 3.13. The Morgan fingerprint density at radius 1 is 1.11 bits per heavy atom. The molecule has 1 fully saturated rings. The molecule has 0 saturated heterocycles. The molecule has 2 nitrogen and oxygen atoms in total. The minimum Gasteiger partial charge on any atom is -0.384 e. The van der Waals surface area contributed by atoms with Crippen LogP contribution in [0.3, 0.4) is 0 Å². The zero-order chi connectivity index (χ0) is 13.3. The van der Waals surface area contributed by atoms with E-state index in [1.165, 1.54) is 37.7 Å². The van der Waals surface area contributed by atoms with Gasteiger partial charge in [-0.3, -0.25) is 0 Å². The van der Waals surface area contributed by atoms with Gasteiger partial charge >= 0.3 is 0 Å². The third-order valence-corrected chi connectivity index (χ3v) is 3.61. The molecular formula is C17H22O2. The van der Waals surface area contributed by atoms with Crippen molar-refractivity contribution in [2.45, 2.75) is 38.7 Å². The molecule has 1 aromatic carbocycles. The number of ether oxygens (including phenoxy) is 1. The van der Waals surface area contributed by atoms with Crippen LogP contribution >= 0.6 is 0 Å². The first kappa shape index (κ1) is 14.1. The third-order valence-electron chi connectivity index (χ3n) is 3.61. The van der Waals surface area contributed by atoms with Crippen LogP contribution in [0.4, 0.5) is 0 Å². The van der Waals surface area contributed by atoms with E-state index in [4.69, 9.17) is 9.84 Å². The highest BCUT2D eigenvalue weighted by molar-refractivity contribution is 5.35. The van der Waals surface area contributed by atoms with Crippen molar-refractivity contribution >= 4 is 0 Å². The van der Waals surface area contributed by atoms with Crippen molar-refractivity contribution in [2.24, 2.45) is 5.92 Å². The second-order valence-electron chi connectivity index (χ2n) is 5.18. The van der Waals surface area contributed by atoms with Gasteiger partial charge in [0.1, 0.15) is 6.61 Å². The number of hydrogen-bond acceptors (Lipinski definition) is 2. The predicted molar refractivity (Wildman–Crippen MR) is 76.6 cm³/mol. The molecule has 0 aliphatic heterocycles. The van der Waals surface area contributed by atoms with Crippen LogP contribution < -0.4 is 0 Å². The van der Waals surface area contributed by atoms with Gasteiger partial charge in [-0.05, 0) is 36.5 Å². The minimum absolute atomic E-state index is 0.0910. The molecule has 1 N–H and O–H groups in total. The average molecular weight is 258 g/mol. The summed E-state index contributed by atoms with van der Waals surface area (Å²) >= 11 is 0. The molecule has 2 heteroatoms. The summed E-state index contributed by atoms with van der Waals surface area (Å²) in [6.07, 6.45) is 6.79. The van der Waals surface area contributed by atoms with E-state index < -0.39 is 0 Å². The molecule has 0 radical (unpaired) electrons. The molecule has 102 valence electrons. The summed E-state index contributed by atoms with van der Waals surface area (Å²) in [6, 6.07) is 8.04. The molecule has 1 saturated carbocycles. The highest BCUT2D eigenvalue weighted by atomic mass is 16.5. The van der Waals surface area contributed by atoms with Gasteiger partial charge in [0.2, 0.25) is 0 Å². The lowest BCUT2D eigenvalue weighted by molar-refractivity contribution is 0.0739. The highest BCUT2D eigenvalue weighted by Crippen LogP contribution is 2.23. The van der Waals surface area contributed by atoms with Crippen LogP contribution in [0, 0.1) is 17.8 Å². The molecular weight excluding hydrogens is 236 g/mol. The van der Waals surface area contributed by atoms with E-state index in [-0.39, 0.29) is 6.61 Å². The van der Waals surface area contributed by atoms with Gasteiger partial charge in [0.05, 0.1) is 6.61 Å². The summed E-state index contributed by atoms with van der Waals surface area (Å²) in [5.74, 6) is 6.30. The van der Waals surface area contributed by atoms with Crippen molar-refractivity contribution in [3.8, 4) is 11.8 Å². The summed E-state index contributed by atoms with van der Waals surface area (Å²) in [4.78, 5) is 0. The first-order valence-electron chi connectivity index (χ1n) is 7.15. The summed E-state index contributed by atoms with van der Waals surface area (Å²) in [5, 5.41) is 8.63. The molecule has 0 heterocycles. The zero-order valence-corrected chi connectivity index (χ0v) is 11.4. The van der Waals surface area contributed by atoms with E-state index in [2.05, 4.69) is 11.8 Å². The molecule has 1 aliphatic carbocycles. The second-order valence-corrected chi connectivity index (χ2v) is 5.18. The standard InChI is InChI=1S/C17H22O2/c18-12-4-7-15-8-10-17(11-9-15)14-19-13-16-5-2-1-3-6-16/h8-11,16,18H,1-3,5-6,12-14H2. The Balaban J connectivity index is 1.73. The van der Waals surface area contributed by atoms with Crippen LogP contribution in [0.5, 0.6) is 0 Å². The summed E-state index contributed by atoms with van der Waals surface area (Å²) in [7, 11) is 0. The number of hydrogen-bond donors (Lipinski definition) is 1. The van der Waals surface area contributed by atoms with E-state index in [1.54, 1.807) is 0 Å². The van der Waals surface area contributed by atoms with Crippen LogP contribution in [0.15, 0.2) is 24.3 Å². The smallest absolute Gasteiger partial charge is 0.104 e. The van der Waals surface area contributed by atoms with Crippen LogP contribution in [0.2, 0.25) is 0 Å². The monoisotopic (exact) mass is 258 g/mol. The molecule has 0 aromatic heterocycles. The Hall–Kier alpha value is -1.30. The van der Waals surface area contributed by atoms with Crippen LogP contribution in [-0.4, -0.2) is 18.3 Å². The molecule has 0 bridgehead atoms. The lowest BCUT2D eigenvalue weighted by Gasteiger charge is -2.21. The highest BCUT2D eigenvalue weighted by Gasteiger charge is 2.13. The van der Waals surface area contributed by atoms with Crippen LogP contribution in [0.25, 0.3) is 0 Å². The molecule has 1 aliphatic rings. The SMILES string of the molecule is OCC#Cc1ccc(COCC2CCCCC2)cc1. The third kappa shape index (κ3) is 5.06. The van der Waals surface area contributed by atoms with E-state index in [1.807, 2.05) is 24.3 Å². The first-order chi connectivity index (χ1) is 9.38. The number of aliphatic hydroxyl groups is 1. The second kappa shape index (κ2) is 7.99. The lowest BCUT2D eigenvalue weighted by atomic mass is 9.90. The maximum absolute atomic E-state index is 8.63. The van der Waals surface area contributed by atoms with Gasteiger partial charge in [0.25, 0.3) is 0 Å². The maximum Gasteiger partial charge on any atom is 0.104 e. The van der Waals surface area contributed by atoms with Crippen molar-refractivity contribution in [3.05, 3.63) is 35.4 Å². The van der Waals surface area contributed by atoms with Crippen LogP contribution in [-0.2, 0) is 11.3 Å². The quantitative estimate of drug-likeness (QED) is 0.841. The van der Waals surface area contributed by atoms with Crippen molar-refractivity contribution in [1.82, 2.24) is 0 Å². The first-order valence-corrected chi connectivity index (χ1v) is 7.15. The van der Waals surface area contributed by atoms with Crippen molar-refractivity contribution < 1.29 is 9.84 Å². The molecule has 19 heavy (non-hydrogen) atoms. The summed E-state index contributed by atoms with van der Waals surface area (Å²) < 4.78 is 5.80. The fraction of sp³-hybridized carbons (Fsp3) is 0.529. The Bertz CT molecular complexity index is 419. The summed E-state index contributed by atoms with van der Waals surface area (Å²) in [6.45, 7) is 1.49. The molecule has 0 unspecified atom stereocenters. The van der Waals surface area contributed by atoms with Gasteiger partial charge in [0.15, 0.2) is 0 Å². The van der Waals surface area contributed by atoms with Crippen molar-refractivity contribution in [2.75, 3.05) is 13.2 Å². The number of benzene rings is 1. The van der Waals surface area contributed by atoms with Gasteiger partial charge in [-0.15, -0.1) is 0 Å². The average Bonchev–Trinajstić information content (AvgIpc) is 2.47. The van der Waals surface area contributed by atoms with Gasteiger partial charge in [-0.25, -0.2) is 0 Å². The Labute approximate surface area is 115 Å². The summed E-state index contributed by atoms with van der Waals surface area (Å²) in [5.41, 5.74) is 2.12. The topological polar surface area (TPSA) is 29.5 Å².